The molecule has 0 unspecified atom stereocenters. The van der Waals surface area contributed by atoms with Crippen molar-refractivity contribution < 1.29 is 17.9 Å². The number of hydrogen-bond donors (Lipinski definition) is 0. The van der Waals surface area contributed by atoms with E-state index in [0.29, 0.717) is 19.6 Å². The molecule has 1 aromatic carbocycles. The number of aryl methyl sites for hydroxylation is 2. The van der Waals surface area contributed by atoms with Crippen LogP contribution in [-0.4, -0.2) is 41.6 Å². The second-order valence-corrected chi connectivity index (χ2v) is 8.94. The van der Waals surface area contributed by atoms with E-state index in [4.69, 9.17) is 4.74 Å². The molecule has 2 aromatic rings. The van der Waals surface area contributed by atoms with Crippen LogP contribution in [0, 0.1) is 6.92 Å². The Morgan fingerprint density at radius 1 is 1.11 bits per heavy atom. The van der Waals surface area contributed by atoms with Crippen molar-refractivity contribution in [3.05, 3.63) is 47.2 Å². The molecule has 1 aliphatic rings. The molecule has 0 saturated carbocycles. The number of nitrogens with zero attached hydrogens (tertiary/aromatic N) is 3. The summed E-state index contributed by atoms with van der Waals surface area (Å²) in [5.74, 6) is -0.673. The lowest BCUT2D eigenvalue weighted by molar-refractivity contribution is 0.0468. The normalized spacial score (nSPS) is 15.9. The van der Waals surface area contributed by atoms with Gasteiger partial charge in [0.1, 0.15) is 12.2 Å². The number of ether oxygens (including phenoxy) is 1. The smallest absolute Gasteiger partial charge is 0.343 e. The van der Waals surface area contributed by atoms with Gasteiger partial charge in [-0.1, -0.05) is 42.7 Å². The number of benzene rings is 1. The van der Waals surface area contributed by atoms with E-state index in [2.05, 4.69) is 5.10 Å². The van der Waals surface area contributed by atoms with Crippen LogP contribution in [0.4, 0.5) is 0 Å². The second kappa shape index (κ2) is 8.87. The third-order valence-electron chi connectivity index (χ3n) is 4.91. The molecule has 1 aliphatic heterocycles. The van der Waals surface area contributed by atoms with Crippen molar-refractivity contribution in [2.24, 2.45) is 0 Å². The number of aromatic nitrogens is 2. The number of carbonyl (C=O) groups is 1. The quantitative estimate of drug-likeness (QED) is 0.690. The fraction of sp³-hybridized carbons (Fsp3) is 0.500. The molecule has 28 heavy (non-hydrogen) atoms. The van der Waals surface area contributed by atoms with Gasteiger partial charge >= 0.3 is 5.97 Å². The SMILES string of the molecule is CCn1cc(C(=O)OCc2ccc(C)cc2)c(S(=O)(=O)N2CCCCCC2)n1. The van der Waals surface area contributed by atoms with Crippen LogP contribution in [-0.2, 0) is 27.9 Å². The summed E-state index contributed by atoms with van der Waals surface area (Å²) >= 11 is 0. The van der Waals surface area contributed by atoms with Gasteiger partial charge in [0.15, 0.2) is 0 Å². The Kier molecular flexibility index (Phi) is 6.51. The molecule has 0 amide bonds. The van der Waals surface area contributed by atoms with E-state index in [1.165, 1.54) is 15.2 Å². The highest BCUT2D eigenvalue weighted by Crippen LogP contribution is 2.23. The minimum Gasteiger partial charge on any atom is -0.457 e. The zero-order chi connectivity index (χ0) is 20.1. The average molecular weight is 406 g/mol. The number of sulfonamides is 1. The summed E-state index contributed by atoms with van der Waals surface area (Å²) in [6, 6.07) is 7.64. The lowest BCUT2D eigenvalue weighted by Gasteiger charge is -2.19. The Bertz CT molecular complexity index is 911. The van der Waals surface area contributed by atoms with Crippen molar-refractivity contribution >= 4 is 16.0 Å². The van der Waals surface area contributed by atoms with Crippen LogP contribution in [0.15, 0.2) is 35.5 Å². The summed E-state index contributed by atoms with van der Waals surface area (Å²) in [5, 5.41) is 3.98. The third kappa shape index (κ3) is 4.62. The first kappa shape index (κ1) is 20.5. The van der Waals surface area contributed by atoms with Gasteiger partial charge in [-0.05, 0) is 32.3 Å². The number of esters is 1. The molecule has 0 bridgehead atoms. The summed E-state index contributed by atoms with van der Waals surface area (Å²) in [4.78, 5) is 12.7. The van der Waals surface area contributed by atoms with Crippen molar-refractivity contribution in [2.75, 3.05) is 13.1 Å². The molecule has 0 N–H and O–H groups in total. The molecular weight excluding hydrogens is 378 g/mol. The monoisotopic (exact) mass is 405 g/mol. The first-order chi connectivity index (χ1) is 13.4. The summed E-state index contributed by atoms with van der Waals surface area (Å²) in [5.41, 5.74) is 1.96. The minimum atomic E-state index is -3.84. The van der Waals surface area contributed by atoms with Crippen LogP contribution in [0.1, 0.15) is 54.1 Å². The van der Waals surface area contributed by atoms with E-state index in [1.54, 1.807) is 0 Å². The molecule has 0 aliphatic carbocycles. The molecule has 1 saturated heterocycles. The lowest BCUT2D eigenvalue weighted by Crippen LogP contribution is -2.33. The van der Waals surface area contributed by atoms with Crippen LogP contribution in [0.25, 0.3) is 0 Å². The Morgan fingerprint density at radius 2 is 1.75 bits per heavy atom. The van der Waals surface area contributed by atoms with Crippen molar-refractivity contribution in [1.29, 1.82) is 0 Å². The number of carbonyl (C=O) groups excluding carboxylic acids is 1. The lowest BCUT2D eigenvalue weighted by atomic mass is 10.2. The molecule has 1 aromatic heterocycles. The van der Waals surface area contributed by atoms with Crippen molar-refractivity contribution in [2.45, 2.75) is 57.7 Å². The highest BCUT2D eigenvalue weighted by atomic mass is 32.2. The Hall–Kier alpha value is -2.19. The first-order valence-electron chi connectivity index (χ1n) is 9.72. The molecule has 2 heterocycles. The third-order valence-corrected chi connectivity index (χ3v) is 6.75. The molecule has 1 fully saturated rings. The summed E-state index contributed by atoms with van der Waals surface area (Å²) in [6.07, 6.45) is 5.13. The number of rotatable bonds is 6. The summed E-state index contributed by atoms with van der Waals surface area (Å²) in [7, 11) is -3.84. The standard InChI is InChI=1S/C20H27N3O4S/c1-3-22-14-18(20(24)27-15-17-10-8-16(2)9-11-17)19(21-22)28(25,26)23-12-6-4-5-7-13-23/h8-11,14H,3-7,12-13,15H2,1-2H3. The molecule has 8 heteroatoms. The van der Waals surface area contributed by atoms with Crippen LogP contribution < -0.4 is 0 Å². The molecule has 3 rings (SSSR count). The van der Waals surface area contributed by atoms with Gasteiger partial charge < -0.3 is 4.74 Å². The van der Waals surface area contributed by atoms with Crippen molar-refractivity contribution in [3.63, 3.8) is 0 Å². The molecule has 0 spiro atoms. The van der Waals surface area contributed by atoms with Crippen LogP contribution >= 0.6 is 0 Å². The topological polar surface area (TPSA) is 81.5 Å². The Balaban J connectivity index is 1.83. The van der Waals surface area contributed by atoms with Gasteiger partial charge in [-0.2, -0.15) is 9.40 Å². The maximum Gasteiger partial charge on any atom is 0.343 e. The van der Waals surface area contributed by atoms with E-state index in [0.717, 1.165) is 36.8 Å². The summed E-state index contributed by atoms with van der Waals surface area (Å²) in [6.45, 7) is 5.29. The molecule has 0 atom stereocenters. The van der Waals surface area contributed by atoms with Gasteiger partial charge in [-0.3, -0.25) is 4.68 Å². The van der Waals surface area contributed by atoms with Crippen LogP contribution in [0.3, 0.4) is 0 Å². The van der Waals surface area contributed by atoms with Crippen LogP contribution in [0.5, 0.6) is 0 Å². The fourth-order valence-electron chi connectivity index (χ4n) is 3.21. The molecule has 152 valence electrons. The van der Waals surface area contributed by atoms with E-state index in [9.17, 15) is 13.2 Å². The van der Waals surface area contributed by atoms with Crippen molar-refractivity contribution in [3.8, 4) is 0 Å². The predicted octanol–water partition coefficient (Wildman–Crippen LogP) is 3.13. The highest BCUT2D eigenvalue weighted by molar-refractivity contribution is 7.89. The fourth-order valence-corrected chi connectivity index (χ4v) is 4.82. The summed E-state index contributed by atoms with van der Waals surface area (Å²) < 4.78 is 34.6. The molecule has 7 nitrogen and oxygen atoms in total. The Labute approximate surface area is 166 Å². The maximum absolute atomic E-state index is 13.1. The highest BCUT2D eigenvalue weighted by Gasteiger charge is 2.33. The van der Waals surface area contributed by atoms with E-state index < -0.39 is 16.0 Å². The van der Waals surface area contributed by atoms with E-state index in [1.807, 2.05) is 38.1 Å². The molecule has 0 radical (unpaired) electrons. The van der Waals surface area contributed by atoms with E-state index in [-0.39, 0.29) is 17.2 Å². The van der Waals surface area contributed by atoms with Gasteiger partial charge in [-0.25, -0.2) is 13.2 Å². The van der Waals surface area contributed by atoms with Gasteiger partial charge in [0.2, 0.25) is 5.03 Å². The van der Waals surface area contributed by atoms with Gasteiger partial charge in [0, 0.05) is 25.8 Å². The number of hydrogen-bond acceptors (Lipinski definition) is 5. The largest absolute Gasteiger partial charge is 0.457 e. The molecular formula is C20H27N3O4S. The van der Waals surface area contributed by atoms with Crippen LogP contribution in [0.2, 0.25) is 0 Å². The van der Waals surface area contributed by atoms with Gasteiger partial charge in [-0.15, -0.1) is 0 Å². The van der Waals surface area contributed by atoms with Gasteiger partial charge in [0.25, 0.3) is 10.0 Å². The zero-order valence-corrected chi connectivity index (χ0v) is 17.2. The Morgan fingerprint density at radius 3 is 2.36 bits per heavy atom. The second-order valence-electron chi connectivity index (χ2n) is 7.08. The minimum absolute atomic E-state index is 0.00166. The van der Waals surface area contributed by atoms with Crippen molar-refractivity contribution in [1.82, 2.24) is 14.1 Å². The predicted molar refractivity (Wildman–Crippen MR) is 105 cm³/mol. The first-order valence-corrected chi connectivity index (χ1v) is 11.2. The maximum atomic E-state index is 13.1. The van der Waals surface area contributed by atoms with E-state index >= 15 is 0 Å². The average Bonchev–Trinajstić information content (AvgIpc) is 2.94. The van der Waals surface area contributed by atoms with Gasteiger partial charge in [0.05, 0.1) is 0 Å². The zero-order valence-electron chi connectivity index (χ0n) is 16.4.